The quantitative estimate of drug-likeness (QED) is 0.788. The van der Waals surface area contributed by atoms with Gasteiger partial charge in [0.25, 0.3) is 0 Å². The van der Waals surface area contributed by atoms with Crippen molar-refractivity contribution in [3.63, 3.8) is 0 Å². The second kappa shape index (κ2) is 6.79. The van der Waals surface area contributed by atoms with E-state index in [-0.39, 0.29) is 0 Å². The normalized spacial score (nSPS) is 17.2. The van der Waals surface area contributed by atoms with Crippen LogP contribution in [0.2, 0.25) is 0 Å². The molecule has 0 saturated heterocycles. The number of hydrogen-bond donors (Lipinski definition) is 1. The summed E-state index contributed by atoms with van der Waals surface area (Å²) in [7, 11) is 2.06. The Balaban J connectivity index is 2.07. The summed E-state index contributed by atoms with van der Waals surface area (Å²) in [4.78, 5) is 0. The first-order valence-electron chi connectivity index (χ1n) is 7.24. The number of rotatable bonds is 7. The zero-order chi connectivity index (χ0) is 12.8. The van der Waals surface area contributed by atoms with E-state index < -0.39 is 0 Å². The van der Waals surface area contributed by atoms with Gasteiger partial charge in [0.1, 0.15) is 5.75 Å². The predicted octanol–water partition coefficient (Wildman–Crippen LogP) is 3.93. The van der Waals surface area contributed by atoms with Gasteiger partial charge in [-0.15, -0.1) is 0 Å². The fourth-order valence-corrected chi connectivity index (χ4v) is 2.57. The summed E-state index contributed by atoms with van der Waals surface area (Å²) in [5.41, 5.74) is 1.32. The van der Waals surface area contributed by atoms with Crippen molar-refractivity contribution in [2.75, 3.05) is 13.7 Å². The van der Waals surface area contributed by atoms with Gasteiger partial charge in [0.05, 0.1) is 6.61 Å². The molecule has 0 bridgehead atoms. The van der Waals surface area contributed by atoms with Crippen molar-refractivity contribution >= 4 is 0 Å². The smallest absolute Gasteiger partial charge is 0.124 e. The Morgan fingerprint density at radius 1 is 1.33 bits per heavy atom. The Hall–Kier alpha value is -1.02. The van der Waals surface area contributed by atoms with Gasteiger partial charge in [0.15, 0.2) is 0 Å². The summed E-state index contributed by atoms with van der Waals surface area (Å²) < 4.78 is 5.86. The highest BCUT2D eigenvalue weighted by Crippen LogP contribution is 2.37. The first-order valence-corrected chi connectivity index (χ1v) is 7.24. The SMILES string of the molecule is CCCOc1ccccc1C(CC1CCC1)NC. The van der Waals surface area contributed by atoms with Gasteiger partial charge in [-0.25, -0.2) is 0 Å². The number of para-hydroxylation sites is 1. The summed E-state index contributed by atoms with van der Waals surface area (Å²) >= 11 is 0. The number of benzene rings is 1. The zero-order valence-corrected chi connectivity index (χ0v) is 11.6. The van der Waals surface area contributed by atoms with Gasteiger partial charge in [-0.3, -0.25) is 0 Å². The van der Waals surface area contributed by atoms with Crippen LogP contribution in [0.15, 0.2) is 24.3 Å². The lowest BCUT2D eigenvalue weighted by atomic mass is 9.79. The molecule has 2 rings (SSSR count). The number of nitrogens with one attached hydrogen (secondary N) is 1. The third-order valence-corrected chi connectivity index (χ3v) is 3.90. The largest absolute Gasteiger partial charge is 0.493 e. The Morgan fingerprint density at radius 2 is 2.11 bits per heavy atom. The standard InChI is InChI=1S/C16H25NO/c1-3-11-18-16-10-5-4-9-14(16)15(17-2)12-13-7-6-8-13/h4-5,9-10,13,15,17H,3,6-8,11-12H2,1-2H3. The number of ether oxygens (including phenoxy) is 1. The molecule has 0 spiro atoms. The molecule has 0 amide bonds. The van der Waals surface area contributed by atoms with E-state index in [9.17, 15) is 0 Å². The molecule has 1 fully saturated rings. The van der Waals surface area contributed by atoms with Gasteiger partial charge < -0.3 is 10.1 Å². The zero-order valence-electron chi connectivity index (χ0n) is 11.6. The van der Waals surface area contributed by atoms with E-state index in [1.54, 1.807) is 0 Å². The second-order valence-electron chi connectivity index (χ2n) is 5.26. The van der Waals surface area contributed by atoms with E-state index >= 15 is 0 Å². The molecule has 18 heavy (non-hydrogen) atoms. The van der Waals surface area contributed by atoms with E-state index in [0.717, 1.165) is 24.7 Å². The van der Waals surface area contributed by atoms with Crippen LogP contribution in [0.4, 0.5) is 0 Å². The summed E-state index contributed by atoms with van der Waals surface area (Å²) in [5.74, 6) is 1.96. The summed E-state index contributed by atoms with van der Waals surface area (Å²) in [6.07, 6.45) is 6.51. The highest BCUT2D eigenvalue weighted by molar-refractivity contribution is 5.36. The van der Waals surface area contributed by atoms with E-state index in [2.05, 4.69) is 43.6 Å². The molecule has 1 saturated carbocycles. The highest BCUT2D eigenvalue weighted by atomic mass is 16.5. The topological polar surface area (TPSA) is 21.3 Å². The van der Waals surface area contributed by atoms with Crippen molar-refractivity contribution < 1.29 is 4.74 Å². The summed E-state index contributed by atoms with van der Waals surface area (Å²) in [6, 6.07) is 8.90. The Bertz CT molecular complexity index is 360. The lowest BCUT2D eigenvalue weighted by molar-refractivity contribution is 0.259. The molecule has 1 aliphatic carbocycles. The van der Waals surface area contributed by atoms with Crippen molar-refractivity contribution in [3.05, 3.63) is 29.8 Å². The van der Waals surface area contributed by atoms with Crippen molar-refractivity contribution in [1.82, 2.24) is 5.32 Å². The van der Waals surface area contributed by atoms with Gasteiger partial charge in [0.2, 0.25) is 0 Å². The van der Waals surface area contributed by atoms with Crippen LogP contribution in [0, 0.1) is 5.92 Å². The molecule has 0 aromatic heterocycles. The Morgan fingerprint density at radius 3 is 2.72 bits per heavy atom. The molecule has 1 aromatic carbocycles. The van der Waals surface area contributed by atoms with Crippen molar-refractivity contribution in [1.29, 1.82) is 0 Å². The lowest BCUT2D eigenvalue weighted by Gasteiger charge is -2.30. The maximum absolute atomic E-state index is 5.86. The van der Waals surface area contributed by atoms with Gasteiger partial charge in [-0.1, -0.05) is 44.4 Å². The third-order valence-electron chi connectivity index (χ3n) is 3.90. The van der Waals surface area contributed by atoms with Crippen LogP contribution in [0.5, 0.6) is 5.75 Å². The number of hydrogen-bond acceptors (Lipinski definition) is 2. The van der Waals surface area contributed by atoms with Crippen LogP contribution >= 0.6 is 0 Å². The molecule has 1 N–H and O–H groups in total. The maximum Gasteiger partial charge on any atom is 0.124 e. The van der Waals surface area contributed by atoms with Crippen molar-refractivity contribution in [2.24, 2.45) is 5.92 Å². The van der Waals surface area contributed by atoms with Crippen LogP contribution in [0.1, 0.15) is 50.6 Å². The predicted molar refractivity (Wildman–Crippen MR) is 76.0 cm³/mol. The van der Waals surface area contributed by atoms with Crippen LogP contribution in [0.3, 0.4) is 0 Å². The summed E-state index contributed by atoms with van der Waals surface area (Å²) in [6.45, 7) is 2.95. The molecular formula is C16H25NO. The monoisotopic (exact) mass is 247 g/mol. The van der Waals surface area contributed by atoms with Crippen LogP contribution in [-0.4, -0.2) is 13.7 Å². The fourth-order valence-electron chi connectivity index (χ4n) is 2.57. The molecule has 2 nitrogen and oxygen atoms in total. The molecular weight excluding hydrogens is 222 g/mol. The molecule has 0 radical (unpaired) electrons. The molecule has 1 atom stereocenters. The highest BCUT2D eigenvalue weighted by Gasteiger charge is 2.23. The average Bonchev–Trinajstić information content (AvgIpc) is 2.36. The van der Waals surface area contributed by atoms with E-state index in [0.29, 0.717) is 6.04 Å². The molecule has 1 aliphatic rings. The minimum atomic E-state index is 0.434. The van der Waals surface area contributed by atoms with E-state index in [4.69, 9.17) is 4.74 Å². The minimum absolute atomic E-state index is 0.434. The van der Waals surface area contributed by atoms with Crippen LogP contribution in [0.25, 0.3) is 0 Å². The third kappa shape index (κ3) is 3.26. The molecule has 100 valence electrons. The summed E-state index contributed by atoms with van der Waals surface area (Å²) in [5, 5.41) is 3.45. The first kappa shape index (κ1) is 13.4. The van der Waals surface area contributed by atoms with E-state index in [1.807, 2.05) is 0 Å². The molecule has 0 aliphatic heterocycles. The van der Waals surface area contributed by atoms with Crippen LogP contribution in [-0.2, 0) is 0 Å². The second-order valence-corrected chi connectivity index (χ2v) is 5.26. The average molecular weight is 247 g/mol. The molecule has 2 heteroatoms. The van der Waals surface area contributed by atoms with Gasteiger partial charge >= 0.3 is 0 Å². The van der Waals surface area contributed by atoms with Crippen molar-refractivity contribution in [3.8, 4) is 5.75 Å². The van der Waals surface area contributed by atoms with Gasteiger partial charge in [0, 0.05) is 11.6 Å². The Kier molecular flexibility index (Phi) is 5.06. The van der Waals surface area contributed by atoms with Gasteiger partial charge in [-0.05, 0) is 31.9 Å². The Labute approximate surface area is 111 Å². The molecule has 1 unspecified atom stereocenters. The fraction of sp³-hybridized carbons (Fsp3) is 0.625. The van der Waals surface area contributed by atoms with Crippen LogP contribution < -0.4 is 10.1 Å². The minimum Gasteiger partial charge on any atom is -0.493 e. The van der Waals surface area contributed by atoms with Crippen molar-refractivity contribution in [2.45, 2.75) is 45.1 Å². The molecule has 0 heterocycles. The first-order chi connectivity index (χ1) is 8.85. The lowest BCUT2D eigenvalue weighted by Crippen LogP contribution is -2.23. The van der Waals surface area contributed by atoms with E-state index in [1.165, 1.54) is 31.2 Å². The maximum atomic E-state index is 5.86. The molecule has 1 aromatic rings. The van der Waals surface area contributed by atoms with Gasteiger partial charge in [-0.2, -0.15) is 0 Å².